The lowest BCUT2D eigenvalue weighted by Crippen LogP contribution is -1.89. The van der Waals surface area contributed by atoms with Gasteiger partial charge in [0.1, 0.15) is 0 Å². The molecule has 0 amide bonds. The molecule has 0 spiro atoms. The van der Waals surface area contributed by atoms with Crippen molar-refractivity contribution in [2.24, 2.45) is 5.92 Å². The molecule has 0 aromatic carbocycles. The van der Waals surface area contributed by atoms with E-state index in [2.05, 4.69) is 23.3 Å². The Hall–Kier alpha value is 0.390. The van der Waals surface area contributed by atoms with Gasteiger partial charge in [-0.3, -0.25) is 0 Å². The van der Waals surface area contributed by atoms with Gasteiger partial charge in [-0.15, -0.1) is 0 Å². The molecule has 0 aliphatic rings. The normalized spacial score (nSPS) is 10.8. The lowest BCUT2D eigenvalue weighted by Gasteiger charge is -2.02. The van der Waals surface area contributed by atoms with Crippen molar-refractivity contribution in [2.75, 3.05) is 6.61 Å². The lowest BCUT2D eigenvalue weighted by atomic mass is 10.1. The van der Waals surface area contributed by atoms with Crippen LogP contribution in [0.15, 0.2) is 0 Å². The molecule has 0 rings (SSSR count). The second kappa shape index (κ2) is 7.50. The summed E-state index contributed by atoms with van der Waals surface area (Å²) in [5, 5.41) is 0. The zero-order valence-electron chi connectivity index (χ0n) is 7.10. The summed E-state index contributed by atoms with van der Waals surface area (Å²) in [6.07, 6.45) is 5.23. The van der Waals surface area contributed by atoms with Crippen LogP contribution in [0.2, 0.25) is 0 Å². The van der Waals surface area contributed by atoms with E-state index in [9.17, 15) is 0 Å². The van der Waals surface area contributed by atoms with E-state index < -0.39 is 0 Å². The summed E-state index contributed by atoms with van der Waals surface area (Å²) in [4.78, 5) is 0. The maximum Gasteiger partial charge on any atom is 0.0501 e. The van der Waals surface area contributed by atoms with Crippen molar-refractivity contribution in [2.45, 2.75) is 39.5 Å². The van der Waals surface area contributed by atoms with Crippen LogP contribution in [-0.4, -0.2) is 6.61 Å². The van der Waals surface area contributed by atoms with Gasteiger partial charge in [0.15, 0.2) is 0 Å². The molecule has 0 bridgehead atoms. The summed E-state index contributed by atoms with van der Waals surface area (Å²) in [7, 11) is 2.28. The van der Waals surface area contributed by atoms with Crippen LogP contribution in [0, 0.1) is 5.92 Å². The van der Waals surface area contributed by atoms with Crippen LogP contribution in [-0.2, 0) is 4.52 Å². The Bertz CT molecular complexity index is 64.3. The summed E-state index contributed by atoms with van der Waals surface area (Å²) in [6.45, 7) is 5.43. The van der Waals surface area contributed by atoms with Gasteiger partial charge in [0.2, 0.25) is 0 Å². The van der Waals surface area contributed by atoms with Crippen molar-refractivity contribution in [3.05, 3.63) is 0 Å². The quantitative estimate of drug-likeness (QED) is 0.431. The minimum Gasteiger partial charge on any atom is -0.366 e. The molecule has 0 radical (unpaired) electrons. The Morgan fingerprint density at radius 2 is 1.90 bits per heavy atom. The predicted molar refractivity (Wildman–Crippen MR) is 49.0 cm³/mol. The number of rotatable bonds is 6. The maximum absolute atomic E-state index is 4.87. The third-order valence-corrected chi connectivity index (χ3v) is 1.78. The second-order valence-electron chi connectivity index (χ2n) is 3.11. The Morgan fingerprint density at radius 1 is 1.20 bits per heavy atom. The van der Waals surface area contributed by atoms with Gasteiger partial charge in [0.05, 0.1) is 6.61 Å². The average molecular weight is 162 g/mol. The van der Waals surface area contributed by atoms with Crippen LogP contribution in [0.25, 0.3) is 0 Å². The monoisotopic (exact) mass is 162 g/mol. The van der Waals surface area contributed by atoms with Crippen LogP contribution in [0.4, 0.5) is 0 Å². The summed E-state index contributed by atoms with van der Waals surface area (Å²) < 4.78 is 4.87. The first-order valence-corrected chi connectivity index (χ1v) is 4.56. The molecule has 0 saturated heterocycles. The highest BCUT2D eigenvalue weighted by atomic mass is 31.0. The van der Waals surface area contributed by atoms with E-state index in [4.69, 9.17) is 4.52 Å². The molecule has 0 aliphatic heterocycles. The Labute approximate surface area is 66.8 Å². The van der Waals surface area contributed by atoms with Crippen molar-refractivity contribution in [1.29, 1.82) is 0 Å². The molecule has 10 heavy (non-hydrogen) atoms. The van der Waals surface area contributed by atoms with E-state index in [1.165, 1.54) is 25.7 Å². The first-order chi connectivity index (χ1) is 4.77. The molecule has 0 aromatic heterocycles. The minimum atomic E-state index is 0.858. The van der Waals surface area contributed by atoms with Gasteiger partial charge in [-0.25, -0.2) is 0 Å². The van der Waals surface area contributed by atoms with Crippen LogP contribution in [0.1, 0.15) is 39.5 Å². The van der Waals surface area contributed by atoms with Gasteiger partial charge in [0.25, 0.3) is 0 Å². The topological polar surface area (TPSA) is 9.23 Å². The fourth-order valence-corrected chi connectivity index (χ4v) is 1.08. The molecule has 0 saturated carbocycles. The van der Waals surface area contributed by atoms with Crippen molar-refractivity contribution >= 4 is 9.47 Å². The Morgan fingerprint density at radius 3 is 2.40 bits per heavy atom. The highest BCUT2D eigenvalue weighted by molar-refractivity contribution is 7.09. The molecule has 0 heterocycles. The zero-order chi connectivity index (χ0) is 7.82. The molecule has 1 nitrogen and oxygen atoms in total. The fraction of sp³-hybridized carbons (Fsp3) is 1.00. The van der Waals surface area contributed by atoms with Crippen LogP contribution < -0.4 is 0 Å². The molecular formula is C8H19OP. The SMILES string of the molecule is CC(C)CCCCCOP. The average Bonchev–Trinajstić information content (AvgIpc) is 1.87. The van der Waals surface area contributed by atoms with E-state index in [1.54, 1.807) is 0 Å². The largest absolute Gasteiger partial charge is 0.366 e. The number of hydrogen-bond acceptors (Lipinski definition) is 1. The van der Waals surface area contributed by atoms with Gasteiger partial charge in [-0.05, 0) is 12.3 Å². The van der Waals surface area contributed by atoms with Crippen LogP contribution in [0.5, 0.6) is 0 Å². The standard InChI is InChI=1S/C8H19OP/c1-8(2)6-4-3-5-7-9-10/h8H,3-7,10H2,1-2H3. The van der Waals surface area contributed by atoms with Crippen molar-refractivity contribution in [3.63, 3.8) is 0 Å². The first kappa shape index (κ1) is 10.4. The highest BCUT2D eigenvalue weighted by Gasteiger charge is 1.92. The molecule has 0 aliphatic carbocycles. The summed E-state index contributed by atoms with van der Waals surface area (Å²) in [6, 6.07) is 0. The number of unbranched alkanes of at least 4 members (excludes halogenated alkanes) is 2. The third kappa shape index (κ3) is 8.39. The summed E-state index contributed by atoms with van der Waals surface area (Å²) in [5.74, 6) is 0.858. The maximum atomic E-state index is 4.87. The molecule has 1 unspecified atom stereocenters. The molecule has 0 fully saturated rings. The van der Waals surface area contributed by atoms with E-state index in [-0.39, 0.29) is 0 Å². The molecular weight excluding hydrogens is 143 g/mol. The van der Waals surface area contributed by atoms with E-state index in [0.29, 0.717) is 0 Å². The van der Waals surface area contributed by atoms with Crippen molar-refractivity contribution in [3.8, 4) is 0 Å². The first-order valence-electron chi connectivity index (χ1n) is 4.09. The predicted octanol–water partition coefficient (Wildman–Crippen LogP) is 3.01. The molecule has 2 heteroatoms. The molecule has 1 atom stereocenters. The van der Waals surface area contributed by atoms with Gasteiger partial charge < -0.3 is 4.52 Å². The highest BCUT2D eigenvalue weighted by Crippen LogP contribution is 2.08. The molecule has 0 N–H and O–H groups in total. The third-order valence-electron chi connectivity index (χ3n) is 1.54. The second-order valence-corrected chi connectivity index (χ2v) is 3.45. The summed E-state index contributed by atoms with van der Waals surface area (Å²) >= 11 is 0. The Kier molecular flexibility index (Phi) is 7.79. The molecule has 62 valence electrons. The van der Waals surface area contributed by atoms with Gasteiger partial charge in [-0.1, -0.05) is 33.1 Å². The minimum absolute atomic E-state index is 0.858. The van der Waals surface area contributed by atoms with E-state index >= 15 is 0 Å². The Balaban J connectivity index is 2.77. The van der Waals surface area contributed by atoms with Crippen LogP contribution >= 0.6 is 9.47 Å². The van der Waals surface area contributed by atoms with E-state index in [1.807, 2.05) is 0 Å². The van der Waals surface area contributed by atoms with Crippen molar-refractivity contribution in [1.82, 2.24) is 0 Å². The zero-order valence-corrected chi connectivity index (χ0v) is 8.25. The fourth-order valence-electron chi connectivity index (χ4n) is 0.915. The lowest BCUT2D eigenvalue weighted by molar-refractivity contribution is 0.350. The van der Waals surface area contributed by atoms with Crippen molar-refractivity contribution < 1.29 is 4.52 Å². The van der Waals surface area contributed by atoms with E-state index in [0.717, 1.165) is 12.5 Å². The van der Waals surface area contributed by atoms with Gasteiger partial charge >= 0.3 is 0 Å². The smallest absolute Gasteiger partial charge is 0.0501 e. The number of hydrogen-bond donors (Lipinski definition) is 0. The van der Waals surface area contributed by atoms with Crippen LogP contribution in [0.3, 0.4) is 0 Å². The van der Waals surface area contributed by atoms with Gasteiger partial charge in [-0.2, -0.15) is 0 Å². The van der Waals surface area contributed by atoms with Gasteiger partial charge in [0, 0.05) is 9.47 Å². The molecule has 0 aromatic rings. The summed E-state index contributed by atoms with van der Waals surface area (Å²) in [5.41, 5.74) is 0.